The van der Waals surface area contributed by atoms with Crippen molar-refractivity contribution in [2.24, 2.45) is 29.4 Å². The Labute approximate surface area is 366 Å². The molecule has 13 N–H and O–H groups in total. The molecule has 21 nitrogen and oxygen atoms in total. The molecule has 5 rings (SSSR count). The number of nitrogens with zero attached hydrogens (tertiary/aromatic N) is 1. The van der Waals surface area contributed by atoms with Crippen molar-refractivity contribution in [3.8, 4) is 0 Å². The molecule has 3 aliphatic rings. The van der Waals surface area contributed by atoms with Gasteiger partial charge < -0.3 is 63.3 Å². The van der Waals surface area contributed by atoms with Crippen LogP contribution in [-0.4, -0.2) is 146 Å². The van der Waals surface area contributed by atoms with Crippen molar-refractivity contribution in [2.75, 3.05) is 37.7 Å². The summed E-state index contributed by atoms with van der Waals surface area (Å²) >= 11 is 1.06. The number of amides is 7. The average molecular weight is 900 g/mol. The van der Waals surface area contributed by atoms with E-state index in [9.17, 15) is 58.5 Å². The normalized spacial score (nSPS) is 27.8. The fourth-order valence-corrected chi connectivity index (χ4v) is 9.30. The van der Waals surface area contributed by atoms with E-state index < -0.39 is 158 Å². The molecule has 3 aliphatic heterocycles. The third kappa shape index (κ3) is 11.9. The lowest BCUT2D eigenvalue weighted by atomic mass is 9.85. The van der Waals surface area contributed by atoms with Gasteiger partial charge in [0.15, 0.2) is 11.6 Å². The second-order valence-electron chi connectivity index (χ2n) is 16.6. The van der Waals surface area contributed by atoms with Crippen LogP contribution in [0.5, 0.6) is 0 Å². The molecule has 4 heterocycles. The maximum atomic E-state index is 14.5. The van der Waals surface area contributed by atoms with Gasteiger partial charge in [-0.3, -0.25) is 43.2 Å². The second kappa shape index (κ2) is 21.2. The van der Waals surface area contributed by atoms with Gasteiger partial charge in [-0.05, 0) is 30.0 Å². The van der Waals surface area contributed by atoms with E-state index >= 15 is 0 Å². The van der Waals surface area contributed by atoms with Crippen molar-refractivity contribution in [3.05, 3.63) is 23.8 Å². The predicted molar refractivity (Wildman–Crippen MR) is 227 cm³/mol. The van der Waals surface area contributed by atoms with Crippen LogP contribution in [0.2, 0.25) is 0 Å². The Balaban J connectivity index is 1.70. The van der Waals surface area contributed by atoms with E-state index in [-0.39, 0.29) is 18.6 Å². The highest BCUT2D eigenvalue weighted by atomic mass is 32.2. The highest BCUT2D eigenvalue weighted by molar-refractivity contribution is 7.99. The van der Waals surface area contributed by atoms with Crippen LogP contribution in [0.15, 0.2) is 23.2 Å². The monoisotopic (exact) mass is 899 g/mol. The molecule has 2 bridgehead atoms. The van der Waals surface area contributed by atoms with Crippen LogP contribution in [0.1, 0.15) is 58.4 Å². The van der Waals surface area contributed by atoms with Crippen LogP contribution < -0.4 is 38.1 Å². The number of primary amides is 1. The van der Waals surface area contributed by atoms with Gasteiger partial charge >= 0.3 is 0 Å². The first kappa shape index (κ1) is 48.5. The average Bonchev–Trinajstić information content (AvgIpc) is 3.80. The van der Waals surface area contributed by atoms with Gasteiger partial charge in [0.05, 0.1) is 54.9 Å². The highest BCUT2D eigenvalue weighted by Gasteiger charge is 2.45. The fraction of sp³-hybridized carbons (Fsp3) is 0.585. The number of aliphatic hydroxyl groups excluding tert-OH is 3. The number of ketones is 2. The van der Waals surface area contributed by atoms with Crippen molar-refractivity contribution in [2.45, 2.75) is 101 Å². The van der Waals surface area contributed by atoms with Crippen LogP contribution in [0.4, 0.5) is 5.69 Å². The van der Waals surface area contributed by atoms with E-state index in [0.29, 0.717) is 33.6 Å². The highest BCUT2D eigenvalue weighted by Crippen LogP contribution is 2.35. The third-order valence-corrected chi connectivity index (χ3v) is 13.1. The SMILES string of the molecule is CC[C@H](C)[C@@H]1NC(=O)CNC(=O)C2CC(=O)[C@H]([C@@H](C)[C@@H](O)CO)NC(=O)[C@@H]3CC(O)CN3C(=O)[C@H](CC(N)=O)CC(=O)C(CSc3[nH]c4cc(N)ccc4c3C2)NC(=O)CNC1=O. The standard InChI is InChI=1S/C41H57N9O12S/c1-4-18(2)35-39(61)45-13-33(57)46-27-17-63-40-25(24-6-5-22(42)11-26(24)47-40)7-20(37(59)44-14-34(58)48-35)8-30(54)36(19(3)31(55)16-51)49-38(60)28-12-23(52)15-50(28)41(62)21(9-29(27)53)10-32(43)56/h5-6,11,18-21,23,27-28,31,35-36,47,51-52,55H,4,7-10,12-17,42H2,1-3H3,(H2,43,56)(H,44,59)(H,45,61)(H,46,57)(H,48,58)(H,49,60)/t18-,19-,20?,21-,23?,27?,28-,31-,35-,36-/m0/s1. The lowest BCUT2D eigenvalue weighted by Gasteiger charge is -2.32. The van der Waals surface area contributed by atoms with E-state index in [1.807, 2.05) is 0 Å². The van der Waals surface area contributed by atoms with E-state index in [2.05, 4.69) is 31.6 Å². The number of rotatable bonds is 7. The van der Waals surface area contributed by atoms with E-state index in [1.54, 1.807) is 32.0 Å². The predicted octanol–water partition coefficient (Wildman–Crippen LogP) is -2.88. The second-order valence-corrected chi connectivity index (χ2v) is 17.7. The summed E-state index contributed by atoms with van der Waals surface area (Å²) in [6.45, 7) is 2.41. The van der Waals surface area contributed by atoms with Gasteiger partial charge in [-0.25, -0.2) is 0 Å². The zero-order valence-corrected chi connectivity index (χ0v) is 36.1. The molecule has 10 atom stereocenters. The van der Waals surface area contributed by atoms with Gasteiger partial charge in [0, 0.05) is 66.4 Å². The number of carbonyl (C=O) groups is 9. The lowest BCUT2D eigenvalue weighted by Crippen LogP contribution is -2.56. The fourth-order valence-electron chi connectivity index (χ4n) is 8.15. The molecule has 0 radical (unpaired) electrons. The van der Waals surface area contributed by atoms with Gasteiger partial charge in [-0.1, -0.05) is 33.3 Å². The number of nitrogens with one attached hydrogen (secondary N) is 6. The molecule has 344 valence electrons. The first-order chi connectivity index (χ1) is 29.8. The van der Waals surface area contributed by atoms with Crippen LogP contribution >= 0.6 is 11.8 Å². The van der Waals surface area contributed by atoms with E-state index in [1.165, 1.54) is 6.92 Å². The van der Waals surface area contributed by atoms with Crippen molar-refractivity contribution >= 4 is 81.3 Å². The molecular weight excluding hydrogens is 843 g/mol. The molecule has 7 amide bonds. The summed E-state index contributed by atoms with van der Waals surface area (Å²) in [7, 11) is 0. The number of nitrogen functional groups attached to an aromatic ring is 1. The van der Waals surface area contributed by atoms with Gasteiger partial charge in [0.1, 0.15) is 12.1 Å². The summed E-state index contributed by atoms with van der Waals surface area (Å²) in [5, 5.41) is 45.2. The quantitative estimate of drug-likeness (QED) is 0.125. The van der Waals surface area contributed by atoms with Crippen LogP contribution in [0.25, 0.3) is 10.9 Å². The number of hydrogen-bond donors (Lipinski definition) is 11. The lowest BCUT2D eigenvalue weighted by molar-refractivity contribution is -0.145. The van der Waals surface area contributed by atoms with Gasteiger partial charge in [-0.2, -0.15) is 0 Å². The Kier molecular flexibility index (Phi) is 16.3. The van der Waals surface area contributed by atoms with Gasteiger partial charge in [0.2, 0.25) is 41.4 Å². The number of anilines is 1. The van der Waals surface area contributed by atoms with Gasteiger partial charge in [-0.15, -0.1) is 11.8 Å². The number of aromatic amines is 1. The van der Waals surface area contributed by atoms with Crippen LogP contribution in [0, 0.1) is 23.7 Å². The number of H-pyrrole nitrogens is 1. The molecule has 1 aromatic heterocycles. The first-order valence-corrected chi connectivity index (χ1v) is 21.9. The maximum absolute atomic E-state index is 14.5. The van der Waals surface area contributed by atoms with Gasteiger partial charge in [0.25, 0.3) is 0 Å². The number of benzene rings is 1. The summed E-state index contributed by atoms with van der Waals surface area (Å²) < 4.78 is 0. The minimum Gasteiger partial charge on any atom is -0.399 e. The summed E-state index contributed by atoms with van der Waals surface area (Å²) in [6, 6.07) is -0.603. The molecule has 22 heteroatoms. The smallest absolute Gasteiger partial charge is 0.243 e. The molecule has 2 aromatic rings. The third-order valence-electron chi connectivity index (χ3n) is 12.0. The first-order valence-electron chi connectivity index (χ1n) is 20.9. The Morgan fingerprint density at radius 2 is 1.59 bits per heavy atom. The molecule has 0 spiro atoms. The number of carbonyl (C=O) groups excluding carboxylic acids is 9. The van der Waals surface area contributed by atoms with E-state index in [0.717, 1.165) is 16.7 Å². The number of Topliss-reactive ketones (excluding diaryl/α,β-unsaturated/α-hetero) is 2. The summed E-state index contributed by atoms with van der Waals surface area (Å²) in [5.41, 5.74) is 13.1. The molecule has 3 unspecified atom stereocenters. The Morgan fingerprint density at radius 1 is 0.905 bits per heavy atom. The molecule has 0 saturated carbocycles. The van der Waals surface area contributed by atoms with Crippen molar-refractivity contribution in [3.63, 3.8) is 0 Å². The Hall–Kier alpha value is -5.58. The number of fused-ring (bicyclic) bond motifs is 5. The van der Waals surface area contributed by atoms with Crippen molar-refractivity contribution in [1.82, 2.24) is 36.5 Å². The number of nitrogens with two attached hydrogens (primary N) is 2. The zero-order chi connectivity index (χ0) is 46.3. The molecule has 1 saturated heterocycles. The maximum Gasteiger partial charge on any atom is 0.243 e. The molecule has 0 aliphatic carbocycles. The summed E-state index contributed by atoms with van der Waals surface area (Å²) in [5.74, 6) is -11.9. The van der Waals surface area contributed by atoms with Crippen LogP contribution in [-0.2, 0) is 49.6 Å². The van der Waals surface area contributed by atoms with Crippen molar-refractivity contribution < 1.29 is 58.5 Å². The number of hydrogen-bond acceptors (Lipinski definition) is 14. The molecule has 1 aromatic carbocycles. The van der Waals surface area contributed by atoms with E-state index in [4.69, 9.17) is 11.5 Å². The number of aromatic nitrogens is 1. The minimum absolute atomic E-state index is 0.177. The topological polar surface area (TPSA) is 346 Å². The van der Waals surface area contributed by atoms with Crippen LogP contribution in [0.3, 0.4) is 0 Å². The summed E-state index contributed by atoms with van der Waals surface area (Å²) in [4.78, 5) is 128. The Bertz CT molecular complexity index is 2110. The minimum atomic E-state index is -1.57. The Morgan fingerprint density at radius 3 is 2.25 bits per heavy atom. The summed E-state index contributed by atoms with van der Waals surface area (Å²) in [6.07, 6.45) is -4.78. The largest absolute Gasteiger partial charge is 0.399 e. The number of aliphatic hydroxyl groups is 3. The molecule has 63 heavy (non-hydrogen) atoms. The molecular formula is C41H57N9O12S. The number of thioether (sulfide) groups is 1. The van der Waals surface area contributed by atoms with Crippen molar-refractivity contribution in [1.29, 1.82) is 0 Å². The zero-order valence-electron chi connectivity index (χ0n) is 35.3. The molecule has 1 fully saturated rings.